The second-order valence-electron chi connectivity index (χ2n) is 4.10. The van der Waals surface area contributed by atoms with Crippen molar-refractivity contribution in [2.24, 2.45) is 0 Å². The lowest BCUT2D eigenvalue weighted by Crippen LogP contribution is -2.17. The molecule has 1 unspecified atom stereocenters. The van der Waals surface area contributed by atoms with Crippen molar-refractivity contribution < 1.29 is 0 Å². The Morgan fingerprint density at radius 1 is 1.12 bits per heavy atom. The number of hydrogen-bond donors (Lipinski definition) is 1. The fourth-order valence-corrected chi connectivity index (χ4v) is 2.07. The molecule has 0 aliphatic heterocycles. The van der Waals surface area contributed by atoms with Crippen LogP contribution in [0.1, 0.15) is 29.7 Å². The van der Waals surface area contributed by atoms with E-state index in [-0.39, 0.29) is 6.04 Å². The van der Waals surface area contributed by atoms with Crippen molar-refractivity contribution >= 4 is 0 Å². The van der Waals surface area contributed by atoms with Crippen molar-refractivity contribution in [2.75, 3.05) is 7.05 Å². The maximum Gasteiger partial charge on any atom is 0.0575 e. The van der Waals surface area contributed by atoms with Gasteiger partial charge in [-0.2, -0.15) is 0 Å². The minimum absolute atomic E-state index is 0.240. The predicted molar refractivity (Wildman–Crippen MR) is 71.0 cm³/mol. The summed E-state index contributed by atoms with van der Waals surface area (Å²) in [7, 11) is 1.99. The highest BCUT2D eigenvalue weighted by molar-refractivity contribution is 5.33. The van der Waals surface area contributed by atoms with Crippen LogP contribution in [0.3, 0.4) is 0 Å². The normalized spacial score (nSPS) is 12.4. The Labute approximate surface area is 103 Å². The molecular weight excluding hydrogens is 208 g/mol. The Morgan fingerprint density at radius 3 is 2.53 bits per heavy atom. The summed E-state index contributed by atoms with van der Waals surface area (Å²) < 4.78 is 0. The van der Waals surface area contributed by atoms with Crippen LogP contribution in [0.4, 0.5) is 0 Å². The summed E-state index contributed by atoms with van der Waals surface area (Å²) in [5.41, 5.74) is 3.92. The molecule has 0 radical (unpaired) electrons. The van der Waals surface area contributed by atoms with Gasteiger partial charge in [-0.25, -0.2) is 0 Å². The van der Waals surface area contributed by atoms with Gasteiger partial charge in [0.2, 0.25) is 0 Å². The molecule has 1 aromatic carbocycles. The summed E-state index contributed by atoms with van der Waals surface area (Å²) in [6.45, 7) is 2.18. The Kier molecular flexibility index (Phi) is 3.89. The van der Waals surface area contributed by atoms with Gasteiger partial charge in [0.15, 0.2) is 0 Å². The lowest BCUT2D eigenvalue weighted by Gasteiger charge is -2.17. The van der Waals surface area contributed by atoms with Gasteiger partial charge < -0.3 is 5.32 Å². The zero-order chi connectivity index (χ0) is 12.1. The largest absolute Gasteiger partial charge is 0.309 e. The van der Waals surface area contributed by atoms with E-state index in [1.165, 1.54) is 16.7 Å². The number of aryl methyl sites for hydroxylation is 1. The maximum absolute atomic E-state index is 4.06. The van der Waals surface area contributed by atoms with Gasteiger partial charge in [0, 0.05) is 12.4 Å². The van der Waals surface area contributed by atoms with E-state index in [1.54, 1.807) is 0 Å². The van der Waals surface area contributed by atoms with Gasteiger partial charge in [-0.15, -0.1) is 0 Å². The Bertz CT molecular complexity index is 465. The van der Waals surface area contributed by atoms with Crippen LogP contribution in [-0.4, -0.2) is 12.0 Å². The lowest BCUT2D eigenvalue weighted by molar-refractivity contribution is 0.689. The van der Waals surface area contributed by atoms with Gasteiger partial charge in [0.1, 0.15) is 0 Å². The Morgan fingerprint density at radius 2 is 1.88 bits per heavy atom. The summed E-state index contributed by atoms with van der Waals surface area (Å²) in [6.07, 6.45) is 4.74. The van der Waals surface area contributed by atoms with Crippen LogP contribution >= 0.6 is 0 Å². The van der Waals surface area contributed by atoms with Crippen molar-refractivity contribution in [3.63, 3.8) is 0 Å². The van der Waals surface area contributed by atoms with Gasteiger partial charge in [0.25, 0.3) is 0 Å². The molecule has 0 amide bonds. The third kappa shape index (κ3) is 2.71. The van der Waals surface area contributed by atoms with E-state index in [0.717, 1.165) is 6.42 Å². The Hall–Kier alpha value is -1.67. The van der Waals surface area contributed by atoms with Crippen molar-refractivity contribution in [2.45, 2.75) is 19.4 Å². The number of aromatic nitrogens is 1. The van der Waals surface area contributed by atoms with E-state index in [2.05, 4.69) is 53.6 Å². The standard InChI is InChI=1S/C15H18N2/c1-3-12-5-4-6-14(11-12)15(16-2)13-7-9-17-10-8-13/h4-11,15-16H,3H2,1-2H3. The summed E-state index contributed by atoms with van der Waals surface area (Å²) in [4.78, 5) is 4.06. The molecule has 1 N–H and O–H groups in total. The number of pyridine rings is 1. The summed E-state index contributed by atoms with van der Waals surface area (Å²) in [6, 6.07) is 13.1. The first-order valence-corrected chi connectivity index (χ1v) is 6.01. The molecule has 17 heavy (non-hydrogen) atoms. The summed E-state index contributed by atoms with van der Waals surface area (Å²) >= 11 is 0. The molecule has 2 heteroatoms. The van der Waals surface area contributed by atoms with Gasteiger partial charge in [-0.3, -0.25) is 4.98 Å². The first kappa shape index (κ1) is 11.8. The molecule has 0 aliphatic rings. The van der Waals surface area contributed by atoms with Gasteiger partial charge in [0.05, 0.1) is 6.04 Å². The first-order chi connectivity index (χ1) is 8.35. The highest BCUT2D eigenvalue weighted by Gasteiger charge is 2.11. The number of rotatable bonds is 4. The minimum Gasteiger partial charge on any atom is -0.309 e. The molecule has 1 atom stereocenters. The first-order valence-electron chi connectivity index (χ1n) is 6.01. The predicted octanol–water partition coefficient (Wildman–Crippen LogP) is 2.95. The zero-order valence-electron chi connectivity index (χ0n) is 10.4. The van der Waals surface area contributed by atoms with Gasteiger partial charge in [-0.1, -0.05) is 31.2 Å². The third-order valence-corrected chi connectivity index (χ3v) is 3.02. The van der Waals surface area contributed by atoms with Crippen LogP contribution in [0.2, 0.25) is 0 Å². The third-order valence-electron chi connectivity index (χ3n) is 3.02. The average Bonchev–Trinajstić information content (AvgIpc) is 2.41. The molecule has 0 saturated carbocycles. The minimum atomic E-state index is 0.240. The fraction of sp³-hybridized carbons (Fsp3) is 0.267. The quantitative estimate of drug-likeness (QED) is 0.867. The van der Waals surface area contributed by atoms with Crippen LogP contribution in [0, 0.1) is 0 Å². The van der Waals surface area contributed by atoms with Crippen molar-refractivity contribution in [1.82, 2.24) is 10.3 Å². The lowest BCUT2D eigenvalue weighted by atomic mass is 9.97. The number of benzene rings is 1. The number of nitrogens with zero attached hydrogens (tertiary/aromatic N) is 1. The van der Waals surface area contributed by atoms with Crippen LogP contribution in [0.15, 0.2) is 48.8 Å². The van der Waals surface area contributed by atoms with E-state index in [0.29, 0.717) is 0 Å². The summed E-state index contributed by atoms with van der Waals surface area (Å²) in [5.74, 6) is 0. The highest BCUT2D eigenvalue weighted by Crippen LogP contribution is 2.21. The van der Waals surface area contributed by atoms with E-state index in [1.807, 2.05) is 19.4 Å². The molecule has 1 aromatic heterocycles. The van der Waals surface area contributed by atoms with Crippen molar-refractivity contribution in [1.29, 1.82) is 0 Å². The molecule has 0 aliphatic carbocycles. The average molecular weight is 226 g/mol. The molecule has 2 aromatic rings. The monoisotopic (exact) mass is 226 g/mol. The molecule has 0 spiro atoms. The second kappa shape index (κ2) is 5.60. The molecule has 2 rings (SSSR count). The summed E-state index contributed by atoms with van der Waals surface area (Å²) in [5, 5.41) is 3.36. The fourth-order valence-electron chi connectivity index (χ4n) is 2.07. The van der Waals surface area contributed by atoms with Crippen LogP contribution in [-0.2, 0) is 6.42 Å². The molecule has 1 heterocycles. The van der Waals surface area contributed by atoms with Crippen molar-refractivity contribution in [3.8, 4) is 0 Å². The van der Waals surface area contributed by atoms with Crippen molar-refractivity contribution in [3.05, 3.63) is 65.5 Å². The molecule has 2 nitrogen and oxygen atoms in total. The maximum atomic E-state index is 4.06. The van der Waals surface area contributed by atoms with Crippen LogP contribution in [0.5, 0.6) is 0 Å². The molecular formula is C15H18N2. The smallest absolute Gasteiger partial charge is 0.0575 e. The van der Waals surface area contributed by atoms with E-state index >= 15 is 0 Å². The Balaban J connectivity index is 2.35. The number of hydrogen-bond acceptors (Lipinski definition) is 2. The second-order valence-corrected chi connectivity index (χ2v) is 4.10. The van der Waals surface area contributed by atoms with E-state index < -0.39 is 0 Å². The number of nitrogens with one attached hydrogen (secondary N) is 1. The van der Waals surface area contributed by atoms with Crippen LogP contribution < -0.4 is 5.32 Å². The van der Waals surface area contributed by atoms with E-state index in [9.17, 15) is 0 Å². The van der Waals surface area contributed by atoms with Gasteiger partial charge in [-0.05, 0) is 42.3 Å². The SMILES string of the molecule is CCc1cccc(C(NC)c2ccncc2)c1. The zero-order valence-corrected chi connectivity index (χ0v) is 10.4. The van der Waals surface area contributed by atoms with Crippen LogP contribution in [0.25, 0.3) is 0 Å². The molecule has 0 saturated heterocycles. The van der Waals surface area contributed by atoms with E-state index in [4.69, 9.17) is 0 Å². The topological polar surface area (TPSA) is 24.9 Å². The molecule has 88 valence electrons. The molecule has 0 fully saturated rings. The molecule has 0 bridgehead atoms. The van der Waals surface area contributed by atoms with Gasteiger partial charge >= 0.3 is 0 Å². The highest BCUT2D eigenvalue weighted by atomic mass is 14.9.